The molecule has 2 N–H and O–H groups in total. The third-order valence-corrected chi connectivity index (χ3v) is 1.41. The Bertz CT molecular complexity index is 197. The number of rotatable bonds is 5. The fourth-order valence-electron chi connectivity index (χ4n) is 0.747. The first-order valence-corrected chi connectivity index (χ1v) is 5.56. The van der Waals surface area contributed by atoms with Crippen molar-refractivity contribution >= 4 is 6.09 Å². The maximum atomic E-state index is 10.5. The third-order valence-electron chi connectivity index (χ3n) is 1.41. The van der Waals surface area contributed by atoms with Crippen molar-refractivity contribution in [1.29, 1.82) is 0 Å². The van der Waals surface area contributed by atoms with E-state index < -0.39 is 0 Å². The Morgan fingerprint density at radius 1 is 1.50 bits per heavy atom. The molecule has 0 aliphatic rings. The lowest BCUT2D eigenvalue weighted by molar-refractivity contribution is 0.149. The van der Waals surface area contributed by atoms with Crippen molar-refractivity contribution in [3.05, 3.63) is 0 Å². The van der Waals surface area contributed by atoms with Crippen LogP contribution in [-0.4, -0.2) is 30.5 Å². The van der Waals surface area contributed by atoms with Gasteiger partial charge in [-0.3, -0.25) is 0 Å². The molecule has 4 nitrogen and oxygen atoms in total. The van der Waals surface area contributed by atoms with Crippen LogP contribution in [0.25, 0.3) is 0 Å². The zero-order chi connectivity index (χ0) is 12.8. The number of amides is 1. The number of aliphatic hydroxyl groups excluding tert-OH is 1. The third kappa shape index (κ3) is 18.5. The summed E-state index contributed by atoms with van der Waals surface area (Å²) in [6.45, 7) is 6.24. The van der Waals surface area contributed by atoms with Crippen LogP contribution in [0.2, 0.25) is 0 Å². The maximum absolute atomic E-state index is 10.5. The van der Waals surface area contributed by atoms with Gasteiger partial charge in [-0.05, 0) is 33.6 Å². The number of aliphatic hydroxyl groups is 1. The predicted molar refractivity (Wildman–Crippen MR) is 65.1 cm³/mol. The van der Waals surface area contributed by atoms with Crippen LogP contribution in [0.3, 0.4) is 0 Å². The van der Waals surface area contributed by atoms with Crippen LogP contribution in [0.1, 0.15) is 40.0 Å². The monoisotopic (exact) mass is 229 g/mol. The molecule has 0 atom stereocenters. The minimum Gasteiger partial charge on any atom is -0.450 e. The number of nitrogens with one attached hydrogen (secondary N) is 1. The molecule has 0 aromatic carbocycles. The quantitative estimate of drug-likeness (QED) is 0.559. The molecule has 0 aliphatic heterocycles. The van der Waals surface area contributed by atoms with E-state index in [-0.39, 0.29) is 18.7 Å². The van der Waals surface area contributed by atoms with E-state index in [2.05, 4.69) is 16.0 Å². The summed E-state index contributed by atoms with van der Waals surface area (Å²) in [7, 11) is 0. The van der Waals surface area contributed by atoms with Gasteiger partial charge >= 0.3 is 6.09 Å². The first-order valence-electron chi connectivity index (χ1n) is 5.56. The van der Waals surface area contributed by atoms with Crippen LogP contribution in [0.15, 0.2) is 0 Å². The largest absolute Gasteiger partial charge is 0.450 e. The van der Waals surface area contributed by atoms with Crippen molar-refractivity contribution in [3.8, 4) is 12.3 Å². The molecule has 16 heavy (non-hydrogen) atoms. The van der Waals surface area contributed by atoms with Crippen molar-refractivity contribution in [1.82, 2.24) is 5.32 Å². The molecule has 0 bridgehead atoms. The normalized spacial score (nSPS) is 8.75. The highest BCUT2D eigenvalue weighted by Gasteiger charge is 1.99. The summed E-state index contributed by atoms with van der Waals surface area (Å²) in [6, 6.07) is 0.157. The highest BCUT2D eigenvalue weighted by Crippen LogP contribution is 1.89. The smallest absolute Gasteiger partial charge is 0.407 e. The van der Waals surface area contributed by atoms with E-state index in [4.69, 9.17) is 11.5 Å². The van der Waals surface area contributed by atoms with Gasteiger partial charge in [-0.15, -0.1) is 12.3 Å². The first-order chi connectivity index (χ1) is 7.58. The van der Waals surface area contributed by atoms with Crippen molar-refractivity contribution in [3.63, 3.8) is 0 Å². The molecule has 0 aromatic heterocycles. The molecular weight excluding hydrogens is 206 g/mol. The van der Waals surface area contributed by atoms with Crippen LogP contribution < -0.4 is 5.32 Å². The molecule has 0 aliphatic carbocycles. The summed E-state index contributed by atoms with van der Waals surface area (Å²) in [5, 5.41) is 10.8. The van der Waals surface area contributed by atoms with E-state index in [1.54, 1.807) is 6.92 Å². The van der Waals surface area contributed by atoms with Crippen LogP contribution in [0, 0.1) is 12.3 Å². The second kappa shape index (κ2) is 13.8. The zero-order valence-corrected chi connectivity index (χ0v) is 10.5. The van der Waals surface area contributed by atoms with Gasteiger partial charge in [0.05, 0.1) is 6.61 Å². The van der Waals surface area contributed by atoms with Crippen molar-refractivity contribution in [2.45, 2.75) is 46.1 Å². The summed E-state index contributed by atoms with van der Waals surface area (Å²) in [6.07, 6.45) is 7.18. The maximum Gasteiger partial charge on any atom is 0.407 e. The summed E-state index contributed by atoms with van der Waals surface area (Å²) < 4.78 is 4.60. The molecule has 0 saturated carbocycles. The van der Waals surface area contributed by atoms with Gasteiger partial charge in [-0.1, -0.05) is 0 Å². The van der Waals surface area contributed by atoms with Crippen molar-refractivity contribution in [2.75, 3.05) is 13.2 Å². The topological polar surface area (TPSA) is 58.6 Å². The highest BCUT2D eigenvalue weighted by molar-refractivity contribution is 5.67. The molecule has 4 heteroatoms. The number of ether oxygens (including phenoxy) is 1. The fourth-order valence-corrected chi connectivity index (χ4v) is 0.747. The molecule has 0 heterocycles. The van der Waals surface area contributed by atoms with Gasteiger partial charge in [0.2, 0.25) is 0 Å². The molecule has 1 amide bonds. The van der Waals surface area contributed by atoms with Crippen LogP contribution in [0.4, 0.5) is 4.79 Å². The second-order valence-electron chi connectivity index (χ2n) is 3.40. The summed E-state index contributed by atoms with van der Waals surface area (Å²) >= 11 is 0. The number of hydrogen-bond acceptors (Lipinski definition) is 3. The molecule has 0 saturated heterocycles. The molecule has 0 fully saturated rings. The predicted octanol–water partition coefficient (Wildman–Crippen LogP) is 1.92. The van der Waals surface area contributed by atoms with Gasteiger partial charge in [-0.2, -0.15) is 0 Å². The van der Waals surface area contributed by atoms with E-state index in [9.17, 15) is 4.79 Å². The van der Waals surface area contributed by atoms with Crippen molar-refractivity contribution < 1.29 is 14.6 Å². The summed E-state index contributed by atoms with van der Waals surface area (Å²) in [5.74, 6) is 2.49. The van der Waals surface area contributed by atoms with Crippen LogP contribution >= 0.6 is 0 Å². The van der Waals surface area contributed by atoms with Gasteiger partial charge in [-0.25, -0.2) is 4.79 Å². The highest BCUT2D eigenvalue weighted by atomic mass is 16.5. The fraction of sp³-hybridized carbons (Fsp3) is 0.750. The Labute approximate surface area is 98.4 Å². The molecule has 0 rings (SSSR count). The van der Waals surface area contributed by atoms with E-state index in [1.165, 1.54) is 0 Å². The molecule has 94 valence electrons. The number of hydrogen-bond donors (Lipinski definition) is 2. The standard InChI is InChI=1S/C6H13NO2.C6H10O/c1-4-9-6(8)7-5(2)3;1-2-3-4-5-6-7/h5H,4H2,1-3H3,(H,7,8);1,7H,3-6H2. The lowest BCUT2D eigenvalue weighted by Crippen LogP contribution is -2.30. The summed E-state index contributed by atoms with van der Waals surface area (Å²) in [5.41, 5.74) is 0. The average Bonchev–Trinajstić information content (AvgIpc) is 2.18. The molecule has 0 spiro atoms. The number of terminal acetylenes is 1. The lowest BCUT2D eigenvalue weighted by atomic mass is 10.2. The van der Waals surface area contributed by atoms with Gasteiger partial charge in [0.1, 0.15) is 0 Å². The lowest BCUT2D eigenvalue weighted by Gasteiger charge is -2.06. The Balaban J connectivity index is 0. The molecule has 0 aromatic rings. The van der Waals surface area contributed by atoms with Gasteiger partial charge < -0.3 is 15.2 Å². The van der Waals surface area contributed by atoms with Gasteiger partial charge in [0, 0.05) is 19.1 Å². The Morgan fingerprint density at radius 2 is 2.12 bits per heavy atom. The Morgan fingerprint density at radius 3 is 2.50 bits per heavy atom. The number of unbranched alkanes of at least 4 members (excludes halogenated alkanes) is 2. The average molecular weight is 229 g/mol. The minimum atomic E-state index is -0.340. The Kier molecular flexibility index (Phi) is 14.8. The first kappa shape index (κ1) is 17.2. The molecule has 0 unspecified atom stereocenters. The van der Waals surface area contributed by atoms with E-state index in [1.807, 2.05) is 13.8 Å². The number of carbonyl (C=O) groups is 1. The number of carbonyl (C=O) groups excluding carboxylic acids is 1. The van der Waals surface area contributed by atoms with Crippen LogP contribution in [0.5, 0.6) is 0 Å². The minimum absolute atomic E-state index is 0.157. The van der Waals surface area contributed by atoms with Crippen molar-refractivity contribution in [2.24, 2.45) is 0 Å². The van der Waals surface area contributed by atoms with Crippen LogP contribution in [-0.2, 0) is 4.74 Å². The second-order valence-corrected chi connectivity index (χ2v) is 3.40. The molecular formula is C12H23NO3. The van der Waals surface area contributed by atoms with E-state index >= 15 is 0 Å². The molecule has 0 radical (unpaired) electrons. The number of alkyl carbamates (subject to hydrolysis) is 1. The summed E-state index contributed by atoms with van der Waals surface area (Å²) in [4.78, 5) is 10.5. The SMILES string of the molecule is C#CCCCCO.CCOC(=O)NC(C)C. The van der Waals surface area contributed by atoms with Gasteiger partial charge in [0.25, 0.3) is 0 Å². The van der Waals surface area contributed by atoms with E-state index in [0.29, 0.717) is 6.61 Å². The Hall–Kier alpha value is -1.21. The van der Waals surface area contributed by atoms with Gasteiger partial charge in [0.15, 0.2) is 0 Å². The zero-order valence-electron chi connectivity index (χ0n) is 10.5. The van der Waals surface area contributed by atoms with E-state index in [0.717, 1.165) is 19.3 Å².